The van der Waals surface area contributed by atoms with E-state index in [-0.39, 0.29) is 0 Å². The summed E-state index contributed by atoms with van der Waals surface area (Å²) >= 11 is 5.89. The summed E-state index contributed by atoms with van der Waals surface area (Å²) in [6.07, 6.45) is 6.93. The van der Waals surface area contributed by atoms with Crippen LogP contribution in [0.1, 0.15) is 39.5 Å². The molecule has 9 heavy (non-hydrogen) atoms. The van der Waals surface area contributed by atoms with Crippen molar-refractivity contribution in [3.63, 3.8) is 0 Å². The summed E-state index contributed by atoms with van der Waals surface area (Å²) in [5.74, 6) is 0. The second-order valence-corrected chi connectivity index (χ2v) is 2.96. The van der Waals surface area contributed by atoms with Crippen molar-refractivity contribution in [1.29, 1.82) is 0 Å². The van der Waals surface area contributed by atoms with Gasteiger partial charge in [0, 0.05) is 5.38 Å². The predicted octanol–water partition coefficient (Wildman–Crippen LogP) is 3.40. The first kappa shape index (κ1) is 9.29. The van der Waals surface area contributed by atoms with Gasteiger partial charge in [-0.1, -0.05) is 26.7 Å². The van der Waals surface area contributed by atoms with Gasteiger partial charge in [0.25, 0.3) is 0 Å². The van der Waals surface area contributed by atoms with E-state index < -0.39 is 0 Å². The van der Waals surface area contributed by atoms with E-state index in [1.807, 2.05) is 0 Å². The highest BCUT2D eigenvalue weighted by Gasteiger charge is 1.98. The molecule has 0 rings (SSSR count). The Bertz CT molecular complexity index is 52.5. The van der Waals surface area contributed by atoms with Crippen LogP contribution < -0.4 is 0 Å². The minimum absolute atomic E-state index is 0.407. The van der Waals surface area contributed by atoms with Crippen molar-refractivity contribution in [3.05, 3.63) is 6.42 Å². The van der Waals surface area contributed by atoms with Crippen molar-refractivity contribution in [2.45, 2.75) is 44.9 Å². The minimum Gasteiger partial charge on any atom is -0.123 e. The fourth-order valence-electron chi connectivity index (χ4n) is 0.748. The van der Waals surface area contributed by atoms with Gasteiger partial charge in [-0.2, -0.15) is 0 Å². The molecule has 0 aromatic carbocycles. The fourth-order valence-corrected chi connectivity index (χ4v) is 0.902. The molecule has 0 saturated carbocycles. The molecule has 1 atom stereocenters. The van der Waals surface area contributed by atoms with Crippen molar-refractivity contribution in [2.75, 3.05) is 0 Å². The van der Waals surface area contributed by atoms with E-state index >= 15 is 0 Å². The second-order valence-electron chi connectivity index (χ2n) is 2.34. The van der Waals surface area contributed by atoms with Crippen LogP contribution in [-0.2, 0) is 0 Å². The Morgan fingerprint density at radius 3 is 2.67 bits per heavy atom. The third-order valence-corrected chi connectivity index (χ3v) is 1.98. The van der Waals surface area contributed by atoms with E-state index in [4.69, 9.17) is 11.6 Å². The molecular weight excluding hydrogens is 132 g/mol. The minimum atomic E-state index is 0.407. The first-order chi connectivity index (χ1) is 4.31. The van der Waals surface area contributed by atoms with E-state index in [2.05, 4.69) is 20.3 Å². The highest BCUT2D eigenvalue weighted by molar-refractivity contribution is 6.20. The molecule has 0 heterocycles. The van der Waals surface area contributed by atoms with Gasteiger partial charge in [0.2, 0.25) is 0 Å². The van der Waals surface area contributed by atoms with Gasteiger partial charge in [0.1, 0.15) is 0 Å². The van der Waals surface area contributed by atoms with Crippen LogP contribution in [0.4, 0.5) is 0 Å². The maximum absolute atomic E-state index is 5.89. The summed E-state index contributed by atoms with van der Waals surface area (Å²) in [5, 5.41) is 0.407. The lowest BCUT2D eigenvalue weighted by molar-refractivity contribution is 0.670. The van der Waals surface area contributed by atoms with E-state index in [0.29, 0.717) is 5.38 Å². The number of halogens is 1. The summed E-state index contributed by atoms with van der Waals surface area (Å²) in [5.41, 5.74) is 0. The molecule has 0 spiro atoms. The second kappa shape index (κ2) is 6.41. The van der Waals surface area contributed by atoms with Crippen LogP contribution in [0, 0.1) is 6.42 Å². The summed E-state index contributed by atoms with van der Waals surface area (Å²) in [4.78, 5) is 0. The summed E-state index contributed by atoms with van der Waals surface area (Å²) in [6.45, 7) is 4.22. The summed E-state index contributed by atoms with van der Waals surface area (Å²) in [7, 11) is 0. The zero-order valence-electron chi connectivity index (χ0n) is 6.36. The first-order valence-corrected chi connectivity index (χ1v) is 4.16. The van der Waals surface area contributed by atoms with Crippen LogP contribution in [0.15, 0.2) is 0 Å². The normalized spacial score (nSPS) is 13.7. The predicted molar refractivity (Wildman–Crippen MR) is 43.8 cm³/mol. The van der Waals surface area contributed by atoms with E-state index in [1.54, 1.807) is 0 Å². The Morgan fingerprint density at radius 1 is 1.56 bits per heavy atom. The van der Waals surface area contributed by atoms with E-state index in [0.717, 1.165) is 6.42 Å². The van der Waals surface area contributed by atoms with Crippen LogP contribution in [0.5, 0.6) is 0 Å². The fraction of sp³-hybridized carbons (Fsp3) is 0.875. The lowest BCUT2D eigenvalue weighted by Crippen LogP contribution is -1.94. The topological polar surface area (TPSA) is 0 Å². The van der Waals surface area contributed by atoms with Crippen molar-refractivity contribution < 1.29 is 0 Å². The number of rotatable bonds is 5. The first-order valence-electron chi connectivity index (χ1n) is 3.73. The van der Waals surface area contributed by atoms with Crippen molar-refractivity contribution in [1.82, 2.24) is 0 Å². The van der Waals surface area contributed by atoms with Crippen LogP contribution in [0.3, 0.4) is 0 Å². The van der Waals surface area contributed by atoms with E-state index in [1.165, 1.54) is 19.3 Å². The van der Waals surface area contributed by atoms with Crippen molar-refractivity contribution in [2.24, 2.45) is 0 Å². The number of alkyl halides is 1. The molecular formula is C8H16Cl. The third-order valence-electron chi connectivity index (χ3n) is 1.45. The summed E-state index contributed by atoms with van der Waals surface area (Å²) < 4.78 is 0. The smallest absolute Gasteiger partial charge is 0.0333 e. The Balaban J connectivity index is 2.88. The van der Waals surface area contributed by atoms with Gasteiger partial charge >= 0.3 is 0 Å². The number of unbranched alkanes of at least 4 members (excludes halogenated alkanes) is 2. The lowest BCUT2D eigenvalue weighted by atomic mass is 10.1. The van der Waals surface area contributed by atoms with Crippen molar-refractivity contribution in [3.8, 4) is 0 Å². The Morgan fingerprint density at radius 2 is 2.22 bits per heavy atom. The Hall–Kier alpha value is 0.290. The van der Waals surface area contributed by atoms with Crippen LogP contribution in [0.25, 0.3) is 0 Å². The lowest BCUT2D eigenvalue weighted by Gasteiger charge is -2.03. The number of hydrogen-bond donors (Lipinski definition) is 0. The molecule has 0 aliphatic carbocycles. The summed E-state index contributed by atoms with van der Waals surface area (Å²) in [6, 6.07) is 0. The third kappa shape index (κ3) is 6.17. The van der Waals surface area contributed by atoms with Gasteiger partial charge in [-0.3, -0.25) is 0 Å². The SMILES string of the molecule is C[CH]CCCC(Cl)CC. The van der Waals surface area contributed by atoms with Gasteiger partial charge in [0.05, 0.1) is 0 Å². The number of hydrogen-bond acceptors (Lipinski definition) is 0. The zero-order chi connectivity index (χ0) is 7.11. The molecule has 0 fully saturated rings. The van der Waals surface area contributed by atoms with Crippen LogP contribution >= 0.6 is 11.6 Å². The molecule has 0 saturated heterocycles. The van der Waals surface area contributed by atoms with Gasteiger partial charge < -0.3 is 0 Å². The molecule has 0 aromatic rings. The average Bonchev–Trinajstić information content (AvgIpc) is 1.89. The standard InChI is InChI=1S/C8H16Cl/c1-3-5-6-7-8(9)4-2/h3,8H,4-7H2,1-2H3. The average molecular weight is 148 g/mol. The molecule has 1 heteroatoms. The van der Waals surface area contributed by atoms with E-state index in [9.17, 15) is 0 Å². The molecule has 0 bridgehead atoms. The zero-order valence-corrected chi connectivity index (χ0v) is 7.12. The monoisotopic (exact) mass is 147 g/mol. The Kier molecular flexibility index (Phi) is 6.62. The Labute approximate surface area is 63.6 Å². The molecule has 0 N–H and O–H groups in total. The van der Waals surface area contributed by atoms with Gasteiger partial charge in [-0.25, -0.2) is 0 Å². The molecule has 0 aromatic heterocycles. The van der Waals surface area contributed by atoms with Crippen LogP contribution in [0.2, 0.25) is 0 Å². The van der Waals surface area contributed by atoms with Gasteiger partial charge in [-0.15, -0.1) is 11.6 Å². The maximum atomic E-state index is 5.89. The van der Waals surface area contributed by atoms with Gasteiger partial charge in [0.15, 0.2) is 0 Å². The molecule has 1 unspecified atom stereocenters. The highest BCUT2D eigenvalue weighted by atomic mass is 35.5. The molecule has 0 aliphatic rings. The highest BCUT2D eigenvalue weighted by Crippen LogP contribution is 2.10. The quantitative estimate of drug-likeness (QED) is 0.413. The molecule has 0 aliphatic heterocycles. The molecule has 0 nitrogen and oxygen atoms in total. The molecule has 55 valence electrons. The van der Waals surface area contributed by atoms with Crippen LogP contribution in [-0.4, -0.2) is 5.38 Å². The molecule has 0 amide bonds. The maximum Gasteiger partial charge on any atom is 0.0333 e. The van der Waals surface area contributed by atoms with Gasteiger partial charge in [-0.05, 0) is 19.3 Å². The molecule has 1 radical (unpaired) electrons. The largest absolute Gasteiger partial charge is 0.123 e. The van der Waals surface area contributed by atoms with Crippen molar-refractivity contribution >= 4 is 11.6 Å².